The minimum atomic E-state index is -0.851. The first-order valence-corrected chi connectivity index (χ1v) is 7.89. The molecule has 1 aliphatic rings. The maximum Gasteiger partial charge on any atom is 0.246 e. The number of nitrogens with one attached hydrogen (secondary N) is 2. The van der Waals surface area contributed by atoms with Crippen molar-refractivity contribution in [1.82, 2.24) is 15.2 Å². The fraction of sp³-hybridized carbons (Fsp3) is 0.222. The van der Waals surface area contributed by atoms with Crippen LogP contribution in [0.1, 0.15) is 28.6 Å². The number of fused-ring (bicyclic) bond motifs is 1. The Morgan fingerprint density at radius 1 is 1.25 bits per heavy atom. The summed E-state index contributed by atoms with van der Waals surface area (Å²) in [4.78, 5) is 4.36. The topological polar surface area (TPSA) is 83.1 Å². The summed E-state index contributed by atoms with van der Waals surface area (Å²) in [5.41, 5.74) is 3.93. The third-order valence-corrected chi connectivity index (χ3v) is 4.18. The molecule has 1 aliphatic heterocycles. The minimum Gasteiger partial charge on any atom is -0.493 e. The zero-order valence-electron chi connectivity index (χ0n) is 13.3. The molecule has 6 heteroatoms. The number of rotatable bonds is 4. The zero-order valence-corrected chi connectivity index (χ0v) is 13.3. The average Bonchev–Trinajstić information content (AvgIpc) is 3.24. The Morgan fingerprint density at radius 3 is 3.00 bits per heavy atom. The predicted octanol–water partition coefficient (Wildman–Crippen LogP) is 2.87. The zero-order chi connectivity index (χ0) is 16.5. The summed E-state index contributed by atoms with van der Waals surface area (Å²) in [6.07, 6.45) is 0.0164. The first-order valence-electron chi connectivity index (χ1n) is 7.89. The molecule has 0 saturated heterocycles. The second kappa shape index (κ2) is 5.98. The van der Waals surface area contributed by atoms with Gasteiger partial charge in [0.1, 0.15) is 11.9 Å². The monoisotopic (exact) mass is 322 g/mol. The molecule has 0 aliphatic carbocycles. The summed E-state index contributed by atoms with van der Waals surface area (Å²) in [6, 6.07) is 13.6. The van der Waals surface area contributed by atoms with Gasteiger partial charge in [-0.05, 0) is 41.8 Å². The Kier molecular flexibility index (Phi) is 3.66. The molecule has 2 heterocycles. The van der Waals surface area contributed by atoms with Crippen molar-refractivity contribution in [3.05, 3.63) is 65.0 Å². The van der Waals surface area contributed by atoms with E-state index in [1.54, 1.807) is 0 Å². The van der Waals surface area contributed by atoms with Crippen molar-refractivity contribution in [3.8, 4) is 5.75 Å². The van der Waals surface area contributed by atoms with Crippen molar-refractivity contribution >= 4 is 11.6 Å². The third-order valence-electron chi connectivity index (χ3n) is 4.18. The number of anilines is 2. The summed E-state index contributed by atoms with van der Waals surface area (Å²) in [5, 5.41) is 20.7. The summed E-state index contributed by atoms with van der Waals surface area (Å²) in [6.45, 7) is 2.71. The molecule has 0 spiro atoms. The molecule has 1 unspecified atom stereocenters. The first-order chi connectivity index (χ1) is 11.7. The Bertz CT molecular complexity index is 875. The molecule has 0 saturated carbocycles. The lowest BCUT2D eigenvalue weighted by Gasteiger charge is -2.09. The van der Waals surface area contributed by atoms with Crippen LogP contribution in [0.2, 0.25) is 0 Å². The molecule has 1 aromatic heterocycles. The minimum absolute atomic E-state index is 0.407. The Labute approximate surface area is 139 Å². The second-order valence-corrected chi connectivity index (χ2v) is 5.85. The van der Waals surface area contributed by atoms with E-state index in [-0.39, 0.29) is 0 Å². The van der Waals surface area contributed by atoms with Crippen LogP contribution < -0.4 is 10.1 Å². The van der Waals surface area contributed by atoms with Gasteiger partial charge in [-0.1, -0.05) is 24.3 Å². The summed E-state index contributed by atoms with van der Waals surface area (Å²) >= 11 is 0. The summed E-state index contributed by atoms with van der Waals surface area (Å²) < 4.78 is 5.49. The molecule has 0 bridgehead atoms. The lowest BCUT2D eigenvalue weighted by Crippen LogP contribution is -2.03. The SMILES string of the molecule is Cc1ccccc1Nc1n[nH]c(C(O)c2ccc3c(c2)CCO3)n1. The number of aromatic amines is 1. The van der Waals surface area contributed by atoms with Crippen molar-refractivity contribution in [3.63, 3.8) is 0 Å². The number of H-pyrrole nitrogens is 1. The molecular formula is C18H18N4O2. The van der Waals surface area contributed by atoms with E-state index >= 15 is 0 Å². The van der Waals surface area contributed by atoms with Crippen LogP contribution in [-0.4, -0.2) is 26.9 Å². The van der Waals surface area contributed by atoms with Gasteiger partial charge in [0.05, 0.1) is 6.61 Å². The summed E-state index contributed by atoms with van der Waals surface area (Å²) in [7, 11) is 0. The van der Waals surface area contributed by atoms with Gasteiger partial charge < -0.3 is 15.2 Å². The normalized spacial score (nSPS) is 14.1. The Balaban J connectivity index is 1.55. The maximum absolute atomic E-state index is 10.6. The predicted molar refractivity (Wildman–Crippen MR) is 90.5 cm³/mol. The lowest BCUT2D eigenvalue weighted by molar-refractivity contribution is 0.210. The van der Waals surface area contributed by atoms with Crippen molar-refractivity contribution in [2.24, 2.45) is 0 Å². The van der Waals surface area contributed by atoms with Gasteiger partial charge in [0.2, 0.25) is 5.95 Å². The molecule has 2 aromatic carbocycles. The molecular weight excluding hydrogens is 304 g/mol. The van der Waals surface area contributed by atoms with Crippen molar-refractivity contribution in [1.29, 1.82) is 0 Å². The van der Waals surface area contributed by atoms with Gasteiger partial charge in [0, 0.05) is 12.1 Å². The Hall–Kier alpha value is -2.86. The maximum atomic E-state index is 10.6. The number of aromatic nitrogens is 3. The summed E-state index contributed by atoms with van der Waals surface area (Å²) in [5.74, 6) is 1.73. The molecule has 0 radical (unpaired) electrons. The van der Waals surface area contributed by atoms with Crippen LogP contribution >= 0.6 is 0 Å². The van der Waals surface area contributed by atoms with Gasteiger partial charge in [0.15, 0.2) is 5.82 Å². The van der Waals surface area contributed by atoms with Crippen LogP contribution in [0.5, 0.6) is 5.75 Å². The van der Waals surface area contributed by atoms with Gasteiger partial charge in [-0.3, -0.25) is 5.10 Å². The number of hydrogen-bond acceptors (Lipinski definition) is 5. The number of hydrogen-bond donors (Lipinski definition) is 3. The van der Waals surface area contributed by atoms with Crippen LogP contribution in [0, 0.1) is 6.92 Å². The number of benzene rings is 2. The molecule has 0 fully saturated rings. The van der Waals surface area contributed by atoms with Crippen LogP contribution in [0.4, 0.5) is 11.6 Å². The van der Waals surface area contributed by atoms with Gasteiger partial charge >= 0.3 is 0 Å². The van der Waals surface area contributed by atoms with Gasteiger partial charge in [-0.2, -0.15) is 4.98 Å². The van der Waals surface area contributed by atoms with Gasteiger partial charge in [-0.15, -0.1) is 5.10 Å². The quantitative estimate of drug-likeness (QED) is 0.688. The van der Waals surface area contributed by atoms with Crippen molar-refractivity contribution in [2.45, 2.75) is 19.4 Å². The number of aliphatic hydroxyl groups is 1. The molecule has 0 amide bonds. The van der Waals surface area contributed by atoms with E-state index in [2.05, 4.69) is 20.5 Å². The van der Waals surface area contributed by atoms with E-state index < -0.39 is 6.10 Å². The van der Waals surface area contributed by atoms with Crippen LogP contribution in [0.25, 0.3) is 0 Å². The number of aryl methyl sites for hydroxylation is 1. The van der Waals surface area contributed by atoms with E-state index in [9.17, 15) is 5.11 Å². The smallest absolute Gasteiger partial charge is 0.246 e. The first kappa shape index (κ1) is 14.7. The van der Waals surface area contributed by atoms with E-state index in [0.29, 0.717) is 18.4 Å². The molecule has 4 rings (SSSR count). The number of nitrogens with zero attached hydrogens (tertiary/aromatic N) is 2. The highest BCUT2D eigenvalue weighted by Gasteiger charge is 2.19. The highest BCUT2D eigenvalue weighted by Crippen LogP contribution is 2.30. The van der Waals surface area contributed by atoms with E-state index in [0.717, 1.165) is 34.5 Å². The highest BCUT2D eigenvalue weighted by atomic mass is 16.5. The molecule has 3 aromatic rings. The number of aliphatic hydroxyl groups excluding tert-OH is 1. The average molecular weight is 322 g/mol. The number of para-hydroxylation sites is 1. The fourth-order valence-corrected chi connectivity index (χ4v) is 2.82. The highest BCUT2D eigenvalue weighted by molar-refractivity contribution is 5.57. The second-order valence-electron chi connectivity index (χ2n) is 5.85. The largest absolute Gasteiger partial charge is 0.493 e. The van der Waals surface area contributed by atoms with Crippen LogP contribution in [-0.2, 0) is 6.42 Å². The third kappa shape index (κ3) is 2.72. The van der Waals surface area contributed by atoms with Crippen molar-refractivity contribution in [2.75, 3.05) is 11.9 Å². The molecule has 122 valence electrons. The van der Waals surface area contributed by atoms with E-state index in [1.807, 2.05) is 49.4 Å². The van der Waals surface area contributed by atoms with Crippen molar-refractivity contribution < 1.29 is 9.84 Å². The lowest BCUT2D eigenvalue weighted by atomic mass is 10.0. The fourth-order valence-electron chi connectivity index (χ4n) is 2.82. The Morgan fingerprint density at radius 2 is 2.12 bits per heavy atom. The van der Waals surface area contributed by atoms with E-state index in [1.165, 1.54) is 0 Å². The van der Waals surface area contributed by atoms with Gasteiger partial charge in [0.25, 0.3) is 0 Å². The van der Waals surface area contributed by atoms with Crippen LogP contribution in [0.15, 0.2) is 42.5 Å². The number of ether oxygens (including phenoxy) is 1. The van der Waals surface area contributed by atoms with E-state index in [4.69, 9.17) is 4.74 Å². The molecule has 3 N–H and O–H groups in total. The molecule has 24 heavy (non-hydrogen) atoms. The van der Waals surface area contributed by atoms with Gasteiger partial charge in [-0.25, -0.2) is 0 Å². The molecule has 1 atom stereocenters. The van der Waals surface area contributed by atoms with Crippen LogP contribution in [0.3, 0.4) is 0 Å². The standard InChI is InChI=1S/C18H18N4O2/c1-11-4-2-3-5-14(11)19-18-20-17(21-22-18)16(23)13-6-7-15-12(10-13)8-9-24-15/h2-7,10,16,23H,8-9H2,1H3,(H2,19,20,21,22). The molecule has 6 nitrogen and oxygen atoms in total.